The van der Waals surface area contributed by atoms with Crippen LogP contribution >= 0.6 is 46.5 Å². The Kier molecular flexibility index (Phi) is 6.77. The summed E-state index contributed by atoms with van der Waals surface area (Å²) in [5.74, 6) is -1.46. The largest absolute Gasteiger partial charge is 0.477 e. The van der Waals surface area contributed by atoms with E-state index >= 15 is 0 Å². The van der Waals surface area contributed by atoms with Crippen LogP contribution in [0.3, 0.4) is 0 Å². The summed E-state index contributed by atoms with van der Waals surface area (Å²) in [7, 11) is 0. The van der Waals surface area contributed by atoms with Crippen LogP contribution in [0.15, 0.2) is 39.2 Å². The molecule has 1 fully saturated rings. The van der Waals surface area contributed by atoms with Crippen molar-refractivity contribution in [2.45, 2.75) is 34.6 Å². The molecule has 4 rings (SSSR count). The highest BCUT2D eigenvalue weighted by Gasteiger charge is 2.54. The molecule has 2 amide bonds. The summed E-state index contributed by atoms with van der Waals surface area (Å²) < 4.78 is 0.610. The van der Waals surface area contributed by atoms with Gasteiger partial charge in [-0.05, 0) is 18.1 Å². The van der Waals surface area contributed by atoms with E-state index in [9.17, 15) is 19.5 Å². The van der Waals surface area contributed by atoms with Crippen molar-refractivity contribution >= 4 is 64.2 Å². The van der Waals surface area contributed by atoms with E-state index in [4.69, 9.17) is 17.3 Å². The molecule has 32 heavy (non-hydrogen) atoms. The predicted octanol–water partition coefficient (Wildman–Crippen LogP) is 2.07. The first-order valence-electron chi connectivity index (χ1n) is 9.40. The van der Waals surface area contributed by atoms with Crippen molar-refractivity contribution in [1.29, 1.82) is 0 Å². The van der Waals surface area contributed by atoms with Crippen molar-refractivity contribution in [3.8, 4) is 0 Å². The minimum atomic E-state index is -1.20. The number of nitrogens with one attached hydrogen (secondary N) is 1. The molecule has 9 nitrogen and oxygen atoms in total. The first kappa shape index (κ1) is 23.1. The van der Waals surface area contributed by atoms with E-state index in [1.165, 1.54) is 39.8 Å². The number of carbonyl (C=O) groups is 3. The predicted molar refractivity (Wildman–Crippen MR) is 123 cm³/mol. The molecule has 3 atom stereocenters. The maximum absolute atomic E-state index is 12.8. The third-order valence-corrected chi connectivity index (χ3v) is 8.67. The van der Waals surface area contributed by atoms with Gasteiger partial charge in [0.25, 0.3) is 5.91 Å². The van der Waals surface area contributed by atoms with Gasteiger partial charge in [-0.1, -0.05) is 47.4 Å². The average molecular weight is 512 g/mol. The number of halogens is 1. The Balaban J connectivity index is 1.47. The zero-order valence-corrected chi connectivity index (χ0v) is 19.9. The second-order valence-electron chi connectivity index (χ2n) is 7.01. The fraction of sp³-hybridized carbons (Fsp3) is 0.316. The van der Waals surface area contributed by atoms with Crippen LogP contribution in [0.4, 0.5) is 0 Å². The third-order valence-electron chi connectivity index (χ3n) is 4.93. The Morgan fingerprint density at radius 1 is 1.38 bits per heavy atom. The number of benzene rings is 1. The second kappa shape index (κ2) is 9.40. The fourth-order valence-electron chi connectivity index (χ4n) is 3.30. The monoisotopic (exact) mass is 511 g/mol. The molecule has 4 N–H and O–H groups in total. The number of aromatic nitrogens is 2. The number of nitrogens with two attached hydrogens (primary N) is 1. The normalized spacial score (nSPS) is 21.1. The Bertz CT molecular complexity index is 1110. The Labute approximate surface area is 200 Å². The quantitative estimate of drug-likeness (QED) is 0.376. The number of nitrogens with zero attached hydrogens (tertiary/aromatic N) is 3. The van der Waals surface area contributed by atoms with E-state index in [1.807, 2.05) is 6.92 Å². The van der Waals surface area contributed by atoms with Crippen LogP contribution in [-0.2, 0) is 20.3 Å². The van der Waals surface area contributed by atoms with Crippen LogP contribution < -0.4 is 11.1 Å². The lowest BCUT2D eigenvalue weighted by Crippen LogP contribution is -2.71. The number of aryl methyl sites for hydroxylation is 1. The van der Waals surface area contributed by atoms with Crippen molar-refractivity contribution in [1.82, 2.24) is 20.4 Å². The molecular weight excluding hydrogens is 494 g/mol. The third kappa shape index (κ3) is 4.37. The number of carboxylic acid groups (broad SMARTS) is 1. The molecule has 0 aliphatic carbocycles. The molecule has 3 unspecified atom stereocenters. The van der Waals surface area contributed by atoms with E-state index in [2.05, 4.69) is 15.5 Å². The topological polar surface area (TPSA) is 139 Å². The molecule has 0 radical (unpaired) electrons. The van der Waals surface area contributed by atoms with Gasteiger partial charge in [-0.3, -0.25) is 14.5 Å². The van der Waals surface area contributed by atoms with Crippen LogP contribution in [0.25, 0.3) is 0 Å². The molecular formula is C19H18ClN5O4S3. The van der Waals surface area contributed by atoms with Gasteiger partial charge in [0.2, 0.25) is 5.91 Å². The van der Waals surface area contributed by atoms with Gasteiger partial charge in [0.05, 0.1) is 0 Å². The van der Waals surface area contributed by atoms with Crippen molar-refractivity contribution in [3.05, 3.63) is 51.0 Å². The lowest BCUT2D eigenvalue weighted by Gasteiger charge is -2.49. The van der Waals surface area contributed by atoms with Gasteiger partial charge in [-0.15, -0.1) is 33.6 Å². The molecule has 2 aromatic rings. The SMILES string of the molecule is Cc1nnc(SC2=C(C(=O)O)N3C(=O)C(NC(=O)C(N)c4ccc(CCl)cc4)C3SC2)s1. The number of hydrogen-bond acceptors (Lipinski definition) is 9. The summed E-state index contributed by atoms with van der Waals surface area (Å²) in [6.45, 7) is 1.81. The number of β-lactam (4-membered cyclic amide) rings is 1. The molecule has 2 aliphatic heterocycles. The summed E-state index contributed by atoms with van der Waals surface area (Å²) in [4.78, 5) is 39.1. The number of amides is 2. The molecule has 1 aromatic heterocycles. The summed E-state index contributed by atoms with van der Waals surface area (Å²) in [6.07, 6.45) is 0. The van der Waals surface area contributed by atoms with Gasteiger partial charge in [-0.25, -0.2) is 4.79 Å². The van der Waals surface area contributed by atoms with Crippen molar-refractivity contribution < 1.29 is 19.5 Å². The average Bonchev–Trinajstić information content (AvgIpc) is 3.20. The summed E-state index contributed by atoms with van der Waals surface area (Å²) in [6, 6.07) is 5.20. The first-order chi connectivity index (χ1) is 15.3. The highest BCUT2D eigenvalue weighted by molar-refractivity contribution is 8.07. The van der Waals surface area contributed by atoms with Gasteiger partial charge in [0.1, 0.15) is 28.2 Å². The fourth-order valence-corrected chi connectivity index (χ4v) is 6.94. The lowest BCUT2D eigenvalue weighted by molar-refractivity contribution is -0.150. The Morgan fingerprint density at radius 2 is 2.09 bits per heavy atom. The van der Waals surface area contributed by atoms with Gasteiger partial charge in [-0.2, -0.15) is 0 Å². The lowest BCUT2D eigenvalue weighted by atomic mass is 10.0. The number of hydrogen-bond donors (Lipinski definition) is 3. The number of aliphatic carboxylic acids is 1. The smallest absolute Gasteiger partial charge is 0.353 e. The molecule has 2 aliphatic rings. The number of fused-ring (bicyclic) bond motifs is 1. The molecule has 1 aromatic carbocycles. The van der Waals surface area contributed by atoms with E-state index < -0.39 is 35.2 Å². The zero-order chi connectivity index (χ0) is 23.0. The molecule has 1 saturated heterocycles. The van der Waals surface area contributed by atoms with Crippen molar-refractivity contribution in [3.63, 3.8) is 0 Å². The Hall–Kier alpha value is -2.12. The molecule has 0 bridgehead atoms. The standard InChI is InChI=1S/C19H18ClN5O4S3/c1-8-23-24-19(31-8)32-11-7-30-17-13(16(27)25(17)14(11)18(28)29)22-15(26)12(21)10-4-2-9(6-20)3-5-10/h2-5,12-13,17H,6-7,21H2,1H3,(H,22,26)(H,28,29). The molecule has 13 heteroatoms. The van der Waals surface area contributed by atoms with Crippen LogP contribution in [0.5, 0.6) is 0 Å². The number of carboxylic acids is 1. The van der Waals surface area contributed by atoms with Gasteiger partial charge in [0, 0.05) is 16.5 Å². The molecule has 0 saturated carbocycles. The van der Waals surface area contributed by atoms with Crippen molar-refractivity contribution in [2.24, 2.45) is 5.73 Å². The molecule has 0 spiro atoms. The minimum absolute atomic E-state index is 0.0805. The zero-order valence-electron chi connectivity index (χ0n) is 16.6. The molecule has 168 valence electrons. The van der Waals surface area contributed by atoms with Gasteiger partial charge >= 0.3 is 5.97 Å². The summed E-state index contributed by atoms with van der Waals surface area (Å²) in [5, 5.41) is 20.6. The van der Waals surface area contributed by atoms with Gasteiger partial charge in [0.15, 0.2) is 4.34 Å². The van der Waals surface area contributed by atoms with E-state index in [0.29, 0.717) is 26.4 Å². The highest BCUT2D eigenvalue weighted by Crippen LogP contribution is 2.45. The van der Waals surface area contributed by atoms with Crippen LogP contribution in [-0.4, -0.2) is 55.2 Å². The van der Waals surface area contributed by atoms with Crippen molar-refractivity contribution in [2.75, 3.05) is 5.75 Å². The van der Waals surface area contributed by atoms with E-state index in [0.717, 1.165) is 10.6 Å². The minimum Gasteiger partial charge on any atom is -0.477 e. The number of rotatable bonds is 7. The van der Waals surface area contributed by atoms with Crippen LogP contribution in [0.1, 0.15) is 22.2 Å². The van der Waals surface area contributed by atoms with Gasteiger partial charge < -0.3 is 16.2 Å². The molecule has 3 heterocycles. The summed E-state index contributed by atoms with van der Waals surface area (Å²) >= 11 is 9.71. The summed E-state index contributed by atoms with van der Waals surface area (Å²) in [5.41, 5.74) is 7.47. The van der Waals surface area contributed by atoms with Crippen LogP contribution in [0, 0.1) is 6.92 Å². The second-order valence-corrected chi connectivity index (χ2v) is 10.9. The van der Waals surface area contributed by atoms with E-state index in [-0.39, 0.29) is 5.70 Å². The van der Waals surface area contributed by atoms with E-state index in [1.54, 1.807) is 24.3 Å². The maximum atomic E-state index is 12.8. The first-order valence-corrected chi connectivity index (χ1v) is 12.6. The van der Waals surface area contributed by atoms with Crippen LogP contribution in [0.2, 0.25) is 0 Å². The Morgan fingerprint density at radius 3 is 2.69 bits per heavy atom. The highest BCUT2D eigenvalue weighted by atomic mass is 35.5. The number of alkyl halides is 1. The number of carbonyl (C=O) groups excluding carboxylic acids is 2. The number of thioether (sulfide) groups is 2. The maximum Gasteiger partial charge on any atom is 0.353 e.